The Kier molecular flexibility index (Phi) is 6.28. The van der Waals surface area contributed by atoms with Crippen molar-refractivity contribution in [2.45, 2.75) is 38.7 Å². The number of hydrogen-bond acceptors (Lipinski definition) is 5. The highest BCUT2D eigenvalue weighted by Gasteiger charge is 2.27. The number of amides is 1. The van der Waals surface area contributed by atoms with Crippen molar-refractivity contribution in [3.63, 3.8) is 0 Å². The second kappa shape index (κ2) is 9.50. The van der Waals surface area contributed by atoms with Gasteiger partial charge in [-0.1, -0.05) is 0 Å². The highest BCUT2D eigenvalue weighted by molar-refractivity contribution is 7.13. The molecule has 5 rings (SSSR count). The second-order valence-corrected chi connectivity index (χ2v) is 9.81. The van der Waals surface area contributed by atoms with Crippen LogP contribution in [0.15, 0.2) is 54.0 Å². The van der Waals surface area contributed by atoms with Crippen LogP contribution in [0.4, 0.5) is 0 Å². The van der Waals surface area contributed by atoms with Crippen molar-refractivity contribution in [3.05, 3.63) is 65.3 Å². The molecule has 0 unspecified atom stereocenters. The molecule has 1 saturated heterocycles. The Labute approximate surface area is 203 Å². The molecule has 1 N–H and O–H groups in total. The fourth-order valence-corrected chi connectivity index (χ4v) is 5.39. The van der Waals surface area contributed by atoms with Crippen molar-refractivity contribution in [1.29, 1.82) is 0 Å². The molecule has 1 amide bonds. The average Bonchev–Trinajstić information content (AvgIpc) is 3.51. The van der Waals surface area contributed by atoms with Gasteiger partial charge in [-0.25, -0.2) is 4.98 Å². The first kappa shape index (κ1) is 22.5. The Bertz CT molecular complexity index is 1280. The minimum atomic E-state index is 0.0151. The average molecular weight is 476 g/mol. The molecule has 0 spiro atoms. The van der Waals surface area contributed by atoms with E-state index >= 15 is 0 Å². The smallest absolute Gasteiger partial charge is 0.273 e. The van der Waals surface area contributed by atoms with Crippen molar-refractivity contribution in [2.75, 3.05) is 20.2 Å². The normalized spacial score (nSPS) is 14.6. The number of thiazole rings is 1. The summed E-state index contributed by atoms with van der Waals surface area (Å²) in [6.45, 7) is 5.47. The SMILES string of the molecule is COc1ccc2[nH]cc(C3CCN(C(=O)c4csc(-c5ccc(OC(C)C)cc5)n4)CC3)c2c1. The molecule has 6 nitrogen and oxygen atoms in total. The number of carbonyl (C=O) groups is 1. The number of ether oxygens (including phenoxy) is 2. The summed E-state index contributed by atoms with van der Waals surface area (Å²) in [4.78, 5) is 23.1. The molecule has 34 heavy (non-hydrogen) atoms. The molecule has 3 heterocycles. The summed E-state index contributed by atoms with van der Waals surface area (Å²) in [6.07, 6.45) is 4.11. The minimum Gasteiger partial charge on any atom is -0.497 e. The van der Waals surface area contributed by atoms with Gasteiger partial charge in [0.2, 0.25) is 0 Å². The number of hydrogen-bond donors (Lipinski definition) is 1. The van der Waals surface area contributed by atoms with Gasteiger partial charge in [-0.3, -0.25) is 4.79 Å². The van der Waals surface area contributed by atoms with Gasteiger partial charge in [0.1, 0.15) is 22.2 Å². The summed E-state index contributed by atoms with van der Waals surface area (Å²) in [5.41, 5.74) is 3.95. The molecular formula is C27H29N3O3S. The molecule has 0 atom stereocenters. The molecule has 2 aromatic carbocycles. The summed E-state index contributed by atoms with van der Waals surface area (Å²) in [5, 5.41) is 3.92. The first-order valence-electron chi connectivity index (χ1n) is 11.7. The molecule has 0 aliphatic carbocycles. The molecule has 1 aliphatic heterocycles. The molecule has 7 heteroatoms. The van der Waals surface area contributed by atoms with Crippen LogP contribution in [0, 0.1) is 0 Å². The van der Waals surface area contributed by atoms with Crippen molar-refractivity contribution in [1.82, 2.24) is 14.9 Å². The number of nitrogens with one attached hydrogen (secondary N) is 1. The molecule has 2 aromatic heterocycles. The number of carbonyl (C=O) groups excluding carboxylic acids is 1. The summed E-state index contributed by atoms with van der Waals surface area (Å²) in [7, 11) is 1.69. The van der Waals surface area contributed by atoms with Crippen LogP contribution >= 0.6 is 11.3 Å². The van der Waals surface area contributed by atoms with Crippen molar-refractivity contribution >= 4 is 28.1 Å². The molecule has 0 bridgehead atoms. The van der Waals surface area contributed by atoms with Gasteiger partial charge in [0.05, 0.1) is 13.2 Å². The van der Waals surface area contributed by atoms with Gasteiger partial charge < -0.3 is 19.4 Å². The third-order valence-corrected chi connectivity index (χ3v) is 7.23. The minimum absolute atomic E-state index is 0.0151. The van der Waals surface area contributed by atoms with Crippen LogP contribution in [0.3, 0.4) is 0 Å². The fourth-order valence-electron chi connectivity index (χ4n) is 4.59. The third-order valence-electron chi connectivity index (χ3n) is 6.34. The number of fused-ring (bicyclic) bond motifs is 1. The monoisotopic (exact) mass is 475 g/mol. The maximum absolute atomic E-state index is 13.1. The largest absolute Gasteiger partial charge is 0.497 e. The Morgan fingerprint density at radius 1 is 1.12 bits per heavy atom. The van der Waals surface area contributed by atoms with Gasteiger partial charge in [0, 0.05) is 41.1 Å². The van der Waals surface area contributed by atoms with E-state index in [9.17, 15) is 4.79 Å². The molecular weight excluding hydrogens is 446 g/mol. The van der Waals surface area contributed by atoms with Crippen LogP contribution in [-0.2, 0) is 0 Å². The fraction of sp³-hybridized carbons (Fsp3) is 0.333. The van der Waals surface area contributed by atoms with Gasteiger partial charge in [0.15, 0.2) is 0 Å². The molecule has 176 valence electrons. The van der Waals surface area contributed by atoms with E-state index in [0.717, 1.165) is 53.5 Å². The number of rotatable bonds is 6. The first-order valence-corrected chi connectivity index (χ1v) is 12.6. The topological polar surface area (TPSA) is 67.5 Å². The zero-order valence-electron chi connectivity index (χ0n) is 19.7. The third kappa shape index (κ3) is 4.53. The van der Waals surface area contributed by atoms with Gasteiger partial charge >= 0.3 is 0 Å². The van der Waals surface area contributed by atoms with E-state index in [1.807, 2.05) is 54.5 Å². The molecule has 1 fully saturated rings. The summed E-state index contributed by atoms with van der Waals surface area (Å²) in [6, 6.07) is 14.0. The van der Waals surface area contributed by atoms with E-state index in [-0.39, 0.29) is 12.0 Å². The number of H-pyrrole nitrogens is 1. The van der Waals surface area contributed by atoms with E-state index in [1.54, 1.807) is 7.11 Å². The Balaban J connectivity index is 1.24. The van der Waals surface area contributed by atoms with E-state index in [1.165, 1.54) is 22.3 Å². The maximum Gasteiger partial charge on any atom is 0.273 e. The predicted octanol–water partition coefficient (Wildman–Crippen LogP) is 6.11. The van der Waals surface area contributed by atoms with Crippen molar-refractivity contribution in [3.8, 4) is 22.1 Å². The quantitative estimate of drug-likeness (QED) is 0.365. The summed E-state index contributed by atoms with van der Waals surface area (Å²) >= 11 is 1.50. The van der Waals surface area contributed by atoms with Gasteiger partial charge in [-0.15, -0.1) is 11.3 Å². The molecule has 0 radical (unpaired) electrons. The number of piperidine rings is 1. The molecule has 0 saturated carbocycles. The van der Waals surface area contributed by atoms with Crippen LogP contribution in [0.2, 0.25) is 0 Å². The number of methoxy groups -OCH3 is 1. The van der Waals surface area contributed by atoms with Crippen LogP contribution in [-0.4, -0.2) is 47.1 Å². The zero-order valence-corrected chi connectivity index (χ0v) is 20.5. The maximum atomic E-state index is 13.1. The van der Waals surface area contributed by atoms with Crippen LogP contribution in [0.25, 0.3) is 21.5 Å². The van der Waals surface area contributed by atoms with Gasteiger partial charge in [-0.05, 0) is 80.6 Å². The Morgan fingerprint density at radius 2 is 1.85 bits per heavy atom. The lowest BCUT2D eigenvalue weighted by atomic mass is 9.89. The predicted molar refractivity (Wildman–Crippen MR) is 136 cm³/mol. The van der Waals surface area contributed by atoms with Crippen molar-refractivity contribution in [2.24, 2.45) is 0 Å². The number of aromatic amines is 1. The highest BCUT2D eigenvalue weighted by Crippen LogP contribution is 2.35. The Morgan fingerprint density at radius 3 is 2.56 bits per heavy atom. The number of likely N-dealkylation sites (tertiary alicyclic amines) is 1. The number of benzene rings is 2. The van der Waals surface area contributed by atoms with Crippen LogP contribution in [0.1, 0.15) is 48.7 Å². The number of aromatic nitrogens is 2. The first-order chi connectivity index (χ1) is 16.5. The highest BCUT2D eigenvalue weighted by atomic mass is 32.1. The Hall–Kier alpha value is -3.32. The lowest BCUT2D eigenvalue weighted by Crippen LogP contribution is -2.38. The zero-order chi connectivity index (χ0) is 23.7. The lowest BCUT2D eigenvalue weighted by molar-refractivity contribution is 0.0708. The van der Waals surface area contributed by atoms with E-state index < -0.39 is 0 Å². The summed E-state index contributed by atoms with van der Waals surface area (Å²) in [5.74, 6) is 2.13. The number of nitrogens with zero attached hydrogens (tertiary/aromatic N) is 2. The van der Waals surface area contributed by atoms with Crippen LogP contribution in [0.5, 0.6) is 11.5 Å². The van der Waals surface area contributed by atoms with Crippen LogP contribution < -0.4 is 9.47 Å². The summed E-state index contributed by atoms with van der Waals surface area (Å²) < 4.78 is 11.1. The van der Waals surface area contributed by atoms with E-state index in [0.29, 0.717) is 11.6 Å². The van der Waals surface area contributed by atoms with E-state index in [2.05, 4.69) is 28.3 Å². The standard InChI is InChI=1S/C27H29N3O3S/c1-17(2)33-20-6-4-19(5-7-20)26-29-25(16-34-26)27(31)30-12-10-18(11-13-30)23-15-28-24-9-8-21(32-3)14-22(23)24/h4-9,14-18,28H,10-13H2,1-3H3. The molecule has 4 aromatic rings. The van der Waals surface area contributed by atoms with E-state index in [4.69, 9.17) is 9.47 Å². The van der Waals surface area contributed by atoms with Gasteiger partial charge in [0.25, 0.3) is 5.91 Å². The molecule has 1 aliphatic rings. The van der Waals surface area contributed by atoms with Crippen molar-refractivity contribution < 1.29 is 14.3 Å². The lowest BCUT2D eigenvalue weighted by Gasteiger charge is -2.31. The van der Waals surface area contributed by atoms with Gasteiger partial charge in [-0.2, -0.15) is 0 Å². The second-order valence-electron chi connectivity index (χ2n) is 8.95.